The van der Waals surface area contributed by atoms with E-state index in [0.29, 0.717) is 5.02 Å². The molecule has 94 valence electrons. The molecule has 1 atom stereocenters. The Morgan fingerprint density at radius 3 is 3.28 bits per heavy atom. The van der Waals surface area contributed by atoms with Crippen molar-refractivity contribution in [3.8, 4) is 0 Å². The summed E-state index contributed by atoms with van der Waals surface area (Å²) >= 11 is 7.84. The SMILES string of the molecule is Clc1ccc2scnc2c1NCC1CCC=CO1. The van der Waals surface area contributed by atoms with Gasteiger partial charge in [-0.3, -0.25) is 0 Å². The third-order valence-electron chi connectivity index (χ3n) is 2.98. The molecule has 1 aromatic carbocycles. The van der Waals surface area contributed by atoms with Gasteiger partial charge in [0.1, 0.15) is 11.6 Å². The van der Waals surface area contributed by atoms with Crippen molar-refractivity contribution in [2.45, 2.75) is 18.9 Å². The third-order valence-corrected chi connectivity index (χ3v) is 4.09. The van der Waals surface area contributed by atoms with E-state index in [9.17, 15) is 0 Å². The van der Waals surface area contributed by atoms with Crippen molar-refractivity contribution in [3.63, 3.8) is 0 Å². The van der Waals surface area contributed by atoms with Crippen LogP contribution in [0.1, 0.15) is 12.8 Å². The molecule has 1 unspecified atom stereocenters. The lowest BCUT2D eigenvalue weighted by atomic mass is 10.1. The van der Waals surface area contributed by atoms with E-state index in [2.05, 4.69) is 10.3 Å². The summed E-state index contributed by atoms with van der Waals surface area (Å²) in [6.07, 6.45) is 6.14. The Balaban J connectivity index is 1.79. The third kappa shape index (κ3) is 2.31. The van der Waals surface area contributed by atoms with Crippen LogP contribution in [0.2, 0.25) is 5.02 Å². The highest BCUT2D eigenvalue weighted by Crippen LogP contribution is 2.32. The number of halogens is 1. The molecule has 2 heterocycles. The lowest BCUT2D eigenvalue weighted by Gasteiger charge is -2.20. The number of hydrogen-bond donors (Lipinski definition) is 1. The number of fused-ring (bicyclic) bond motifs is 1. The number of hydrogen-bond acceptors (Lipinski definition) is 4. The molecular formula is C13H13ClN2OS. The fraction of sp³-hybridized carbons (Fsp3) is 0.308. The lowest BCUT2D eigenvalue weighted by Crippen LogP contribution is -2.23. The number of aromatic nitrogens is 1. The summed E-state index contributed by atoms with van der Waals surface area (Å²) in [5, 5.41) is 4.07. The van der Waals surface area contributed by atoms with E-state index in [4.69, 9.17) is 16.3 Å². The van der Waals surface area contributed by atoms with Crippen molar-refractivity contribution in [1.82, 2.24) is 4.98 Å². The van der Waals surface area contributed by atoms with E-state index in [1.807, 2.05) is 23.7 Å². The average Bonchev–Trinajstić information content (AvgIpc) is 2.87. The van der Waals surface area contributed by atoms with E-state index in [-0.39, 0.29) is 6.10 Å². The molecule has 0 saturated heterocycles. The molecule has 3 rings (SSSR count). The number of nitrogens with one attached hydrogen (secondary N) is 1. The van der Waals surface area contributed by atoms with Crippen LogP contribution in [-0.2, 0) is 4.74 Å². The first-order valence-corrected chi connectivity index (χ1v) is 7.16. The highest BCUT2D eigenvalue weighted by atomic mass is 35.5. The molecule has 0 radical (unpaired) electrons. The predicted molar refractivity (Wildman–Crippen MR) is 76.4 cm³/mol. The molecule has 1 aliphatic rings. The summed E-state index contributed by atoms with van der Waals surface area (Å²) in [4.78, 5) is 4.36. The fourth-order valence-electron chi connectivity index (χ4n) is 2.03. The van der Waals surface area contributed by atoms with Crippen molar-refractivity contribution < 1.29 is 4.74 Å². The summed E-state index contributed by atoms with van der Waals surface area (Å²) in [7, 11) is 0. The van der Waals surface area contributed by atoms with Gasteiger partial charge in [0.2, 0.25) is 0 Å². The fourth-order valence-corrected chi connectivity index (χ4v) is 2.93. The van der Waals surface area contributed by atoms with Crippen LogP contribution in [0.4, 0.5) is 5.69 Å². The normalized spacial score (nSPS) is 18.8. The summed E-state index contributed by atoms with van der Waals surface area (Å²) in [6.45, 7) is 0.751. The molecular weight excluding hydrogens is 268 g/mol. The molecule has 1 N–H and O–H groups in total. The minimum absolute atomic E-state index is 0.208. The maximum atomic E-state index is 6.23. The van der Waals surface area contributed by atoms with Gasteiger partial charge in [0.15, 0.2) is 0 Å². The minimum Gasteiger partial charge on any atom is -0.497 e. The topological polar surface area (TPSA) is 34.2 Å². The van der Waals surface area contributed by atoms with E-state index < -0.39 is 0 Å². The summed E-state index contributed by atoms with van der Waals surface area (Å²) in [6, 6.07) is 3.91. The standard InChI is InChI=1S/C13H13ClN2OS/c14-10-4-5-11-13(16-8-18-11)12(10)15-7-9-3-1-2-6-17-9/h2,4-6,8-9,15H,1,3,7H2. The molecule has 1 aromatic heterocycles. The molecule has 0 amide bonds. The Kier molecular flexibility index (Phi) is 3.39. The quantitative estimate of drug-likeness (QED) is 0.921. The highest BCUT2D eigenvalue weighted by Gasteiger charge is 2.13. The van der Waals surface area contributed by atoms with Gasteiger partial charge in [-0.15, -0.1) is 11.3 Å². The second kappa shape index (κ2) is 5.16. The van der Waals surface area contributed by atoms with Crippen LogP contribution >= 0.6 is 22.9 Å². The van der Waals surface area contributed by atoms with E-state index >= 15 is 0 Å². The van der Waals surface area contributed by atoms with Crippen LogP contribution in [0.25, 0.3) is 10.2 Å². The van der Waals surface area contributed by atoms with Crippen LogP contribution < -0.4 is 5.32 Å². The number of benzene rings is 1. The molecule has 1 aliphatic heterocycles. The Bertz CT molecular complexity index is 581. The predicted octanol–water partition coefficient (Wildman–Crippen LogP) is 4.05. The maximum absolute atomic E-state index is 6.23. The number of allylic oxidation sites excluding steroid dienone is 1. The van der Waals surface area contributed by atoms with Crippen LogP contribution in [0.15, 0.2) is 30.0 Å². The number of rotatable bonds is 3. The van der Waals surface area contributed by atoms with E-state index in [0.717, 1.165) is 35.3 Å². The minimum atomic E-state index is 0.208. The van der Waals surface area contributed by atoms with E-state index in [1.165, 1.54) is 0 Å². The van der Waals surface area contributed by atoms with Gasteiger partial charge in [0.25, 0.3) is 0 Å². The number of ether oxygens (including phenoxy) is 1. The molecule has 0 aliphatic carbocycles. The molecule has 3 nitrogen and oxygen atoms in total. The first-order chi connectivity index (χ1) is 8.84. The van der Waals surface area contributed by atoms with Crippen molar-refractivity contribution in [1.29, 1.82) is 0 Å². The van der Waals surface area contributed by atoms with Crippen LogP contribution in [0.5, 0.6) is 0 Å². The van der Waals surface area contributed by atoms with Crippen molar-refractivity contribution in [3.05, 3.63) is 35.0 Å². The van der Waals surface area contributed by atoms with Gasteiger partial charge >= 0.3 is 0 Å². The van der Waals surface area contributed by atoms with Gasteiger partial charge in [-0.2, -0.15) is 0 Å². The Morgan fingerprint density at radius 1 is 1.50 bits per heavy atom. The molecule has 0 saturated carbocycles. The maximum Gasteiger partial charge on any atom is 0.115 e. The number of anilines is 1. The zero-order valence-electron chi connectivity index (χ0n) is 9.73. The van der Waals surface area contributed by atoms with Gasteiger partial charge in [-0.05, 0) is 31.1 Å². The largest absolute Gasteiger partial charge is 0.497 e. The highest BCUT2D eigenvalue weighted by molar-refractivity contribution is 7.16. The molecule has 5 heteroatoms. The smallest absolute Gasteiger partial charge is 0.115 e. The van der Waals surface area contributed by atoms with Crippen molar-refractivity contribution in [2.24, 2.45) is 0 Å². The van der Waals surface area contributed by atoms with Gasteiger partial charge in [0, 0.05) is 0 Å². The monoisotopic (exact) mass is 280 g/mol. The Labute approximate surface area is 114 Å². The van der Waals surface area contributed by atoms with Gasteiger partial charge in [0.05, 0.1) is 33.7 Å². The Hall–Kier alpha value is -1.26. The molecule has 0 bridgehead atoms. The second-order valence-electron chi connectivity index (χ2n) is 4.21. The van der Waals surface area contributed by atoms with Crippen molar-refractivity contribution >= 4 is 38.8 Å². The second-order valence-corrected chi connectivity index (χ2v) is 5.50. The first-order valence-electron chi connectivity index (χ1n) is 5.90. The van der Waals surface area contributed by atoms with Gasteiger partial charge in [-0.25, -0.2) is 4.98 Å². The lowest BCUT2D eigenvalue weighted by molar-refractivity contribution is 0.135. The van der Waals surface area contributed by atoms with Crippen LogP contribution in [0, 0.1) is 0 Å². The summed E-state index contributed by atoms with van der Waals surface area (Å²) in [5.41, 5.74) is 3.69. The molecule has 18 heavy (non-hydrogen) atoms. The first kappa shape index (κ1) is 11.8. The average molecular weight is 281 g/mol. The zero-order chi connectivity index (χ0) is 12.4. The number of thiazole rings is 1. The van der Waals surface area contributed by atoms with Crippen LogP contribution in [-0.4, -0.2) is 17.6 Å². The molecule has 0 fully saturated rings. The molecule has 0 spiro atoms. The van der Waals surface area contributed by atoms with Crippen LogP contribution in [0.3, 0.4) is 0 Å². The summed E-state index contributed by atoms with van der Waals surface area (Å²) in [5.74, 6) is 0. The van der Waals surface area contributed by atoms with E-state index in [1.54, 1.807) is 17.6 Å². The molecule has 2 aromatic rings. The van der Waals surface area contributed by atoms with Crippen molar-refractivity contribution in [2.75, 3.05) is 11.9 Å². The van der Waals surface area contributed by atoms with Gasteiger partial charge < -0.3 is 10.1 Å². The van der Waals surface area contributed by atoms with Gasteiger partial charge in [-0.1, -0.05) is 11.6 Å². The Morgan fingerprint density at radius 2 is 2.44 bits per heavy atom. The number of nitrogens with zero attached hydrogens (tertiary/aromatic N) is 1. The summed E-state index contributed by atoms with van der Waals surface area (Å²) < 4.78 is 6.67. The zero-order valence-corrected chi connectivity index (χ0v) is 11.3.